The van der Waals surface area contributed by atoms with Gasteiger partial charge >= 0.3 is 0 Å². The Morgan fingerprint density at radius 3 is 2.61 bits per heavy atom. The highest BCUT2D eigenvalue weighted by Crippen LogP contribution is 2.44. The van der Waals surface area contributed by atoms with Gasteiger partial charge in [-0.05, 0) is 38.0 Å². The van der Waals surface area contributed by atoms with Gasteiger partial charge in [-0.1, -0.05) is 13.8 Å². The van der Waals surface area contributed by atoms with Crippen molar-refractivity contribution in [2.45, 2.75) is 63.7 Å². The van der Waals surface area contributed by atoms with E-state index in [1.807, 2.05) is 0 Å². The van der Waals surface area contributed by atoms with E-state index in [1.165, 1.54) is 0 Å². The fourth-order valence-electron chi connectivity index (χ4n) is 3.32. The van der Waals surface area contributed by atoms with Crippen LogP contribution in [0.2, 0.25) is 0 Å². The van der Waals surface area contributed by atoms with E-state index in [1.54, 1.807) is 0 Å². The topological polar surface area (TPSA) is 41.6 Å². The zero-order chi connectivity index (χ0) is 12.8. The number of hydrogen-bond acceptors (Lipinski definition) is 3. The molecule has 0 bridgehead atoms. The predicted octanol–water partition coefficient (Wildman–Crippen LogP) is 1.50. The molecule has 2 aliphatic heterocycles. The smallest absolute Gasteiger partial charge is 0.244 e. The molecule has 2 saturated heterocycles. The van der Waals surface area contributed by atoms with Gasteiger partial charge in [0.05, 0.1) is 11.7 Å². The summed E-state index contributed by atoms with van der Waals surface area (Å²) in [6.45, 7) is 6.06. The molecule has 1 atom stereocenters. The molecular formula is C14H24N2O2. The zero-order valence-corrected chi connectivity index (χ0v) is 11.4. The number of hydrogen-bond donors (Lipinski definition) is 1. The van der Waals surface area contributed by atoms with Gasteiger partial charge in [0.2, 0.25) is 5.91 Å². The number of rotatable bonds is 3. The van der Waals surface area contributed by atoms with Crippen LogP contribution in [0.3, 0.4) is 0 Å². The molecule has 2 heterocycles. The van der Waals surface area contributed by atoms with Gasteiger partial charge in [-0.2, -0.15) is 0 Å². The molecule has 3 rings (SSSR count). The van der Waals surface area contributed by atoms with E-state index >= 15 is 0 Å². The van der Waals surface area contributed by atoms with Gasteiger partial charge in [-0.15, -0.1) is 0 Å². The molecule has 0 aromatic heterocycles. The summed E-state index contributed by atoms with van der Waals surface area (Å²) in [7, 11) is 0. The lowest BCUT2D eigenvalue weighted by Gasteiger charge is -2.35. The number of ether oxygens (including phenoxy) is 1. The first-order valence-corrected chi connectivity index (χ1v) is 7.30. The molecule has 3 fully saturated rings. The van der Waals surface area contributed by atoms with Crippen molar-refractivity contribution in [1.29, 1.82) is 0 Å². The number of carbonyl (C=O) groups excluding carboxylic acids is 1. The highest BCUT2D eigenvalue weighted by Gasteiger charge is 2.60. The first kappa shape index (κ1) is 12.4. The average molecular weight is 252 g/mol. The van der Waals surface area contributed by atoms with Crippen molar-refractivity contribution in [3.8, 4) is 0 Å². The van der Waals surface area contributed by atoms with Crippen LogP contribution in [0.25, 0.3) is 0 Å². The molecule has 1 N–H and O–H groups in total. The van der Waals surface area contributed by atoms with Crippen LogP contribution in [0.15, 0.2) is 0 Å². The first-order chi connectivity index (χ1) is 8.62. The third kappa shape index (κ3) is 2.05. The maximum atomic E-state index is 12.6. The van der Waals surface area contributed by atoms with Gasteiger partial charge in [0.25, 0.3) is 0 Å². The Morgan fingerprint density at radius 2 is 2.06 bits per heavy atom. The van der Waals surface area contributed by atoms with Gasteiger partial charge in [0, 0.05) is 19.3 Å². The van der Waals surface area contributed by atoms with Crippen LogP contribution in [0.5, 0.6) is 0 Å². The number of amides is 1. The molecule has 0 aromatic rings. The van der Waals surface area contributed by atoms with Crippen LogP contribution in [-0.2, 0) is 9.53 Å². The minimum absolute atomic E-state index is 0.169. The van der Waals surface area contributed by atoms with Crippen LogP contribution in [0.1, 0.15) is 46.0 Å². The molecule has 1 unspecified atom stereocenters. The standard InChI is InChI=1S/C14H24N2O2/c1-10(2)9-12-15-14(5-6-14)13(17)16(12)11-3-7-18-8-4-11/h10-12,15H,3-9H2,1-2H3. The van der Waals surface area contributed by atoms with E-state index in [4.69, 9.17) is 4.74 Å². The lowest BCUT2D eigenvalue weighted by molar-refractivity contribution is -0.135. The molecule has 1 amide bonds. The normalized spacial score (nSPS) is 31.6. The van der Waals surface area contributed by atoms with Crippen LogP contribution < -0.4 is 5.32 Å². The molecule has 102 valence electrons. The van der Waals surface area contributed by atoms with E-state index in [-0.39, 0.29) is 11.7 Å². The summed E-state index contributed by atoms with van der Waals surface area (Å²) < 4.78 is 5.42. The van der Waals surface area contributed by atoms with Crippen LogP contribution >= 0.6 is 0 Å². The molecule has 4 nitrogen and oxygen atoms in total. The quantitative estimate of drug-likeness (QED) is 0.827. The summed E-state index contributed by atoms with van der Waals surface area (Å²) in [6, 6.07) is 0.391. The van der Waals surface area contributed by atoms with Crippen molar-refractivity contribution in [1.82, 2.24) is 10.2 Å². The second-order valence-corrected chi connectivity index (χ2v) is 6.43. The SMILES string of the molecule is CC(C)CC1NC2(CC2)C(=O)N1C1CCOCC1. The third-order valence-electron chi connectivity index (χ3n) is 4.45. The van der Waals surface area contributed by atoms with Crippen molar-refractivity contribution in [2.75, 3.05) is 13.2 Å². The molecular weight excluding hydrogens is 228 g/mol. The molecule has 1 spiro atoms. The summed E-state index contributed by atoms with van der Waals surface area (Å²) in [5.74, 6) is 0.978. The molecule has 3 aliphatic rings. The van der Waals surface area contributed by atoms with E-state index in [9.17, 15) is 4.79 Å². The summed E-state index contributed by atoms with van der Waals surface area (Å²) in [6.07, 6.45) is 5.37. The van der Waals surface area contributed by atoms with Gasteiger partial charge in [0.1, 0.15) is 0 Å². The Hall–Kier alpha value is -0.610. The molecule has 1 aliphatic carbocycles. The lowest BCUT2D eigenvalue weighted by atomic mass is 10.0. The Morgan fingerprint density at radius 1 is 1.39 bits per heavy atom. The Labute approximate surface area is 109 Å². The number of nitrogens with zero attached hydrogens (tertiary/aromatic N) is 1. The molecule has 4 heteroatoms. The van der Waals surface area contributed by atoms with Gasteiger partial charge in [-0.3, -0.25) is 10.1 Å². The molecule has 0 aromatic carbocycles. The van der Waals surface area contributed by atoms with Crippen LogP contribution in [-0.4, -0.2) is 41.8 Å². The predicted molar refractivity (Wildman–Crippen MR) is 69.0 cm³/mol. The van der Waals surface area contributed by atoms with E-state index in [2.05, 4.69) is 24.1 Å². The minimum Gasteiger partial charge on any atom is -0.381 e. The van der Waals surface area contributed by atoms with E-state index in [0.29, 0.717) is 17.9 Å². The number of carbonyl (C=O) groups is 1. The van der Waals surface area contributed by atoms with Crippen molar-refractivity contribution in [3.63, 3.8) is 0 Å². The van der Waals surface area contributed by atoms with Crippen molar-refractivity contribution < 1.29 is 9.53 Å². The van der Waals surface area contributed by atoms with E-state index in [0.717, 1.165) is 45.3 Å². The number of nitrogens with one attached hydrogen (secondary N) is 1. The average Bonchev–Trinajstić information content (AvgIpc) is 3.05. The fraction of sp³-hybridized carbons (Fsp3) is 0.929. The monoisotopic (exact) mass is 252 g/mol. The maximum absolute atomic E-state index is 12.6. The molecule has 18 heavy (non-hydrogen) atoms. The van der Waals surface area contributed by atoms with Crippen molar-refractivity contribution in [3.05, 3.63) is 0 Å². The lowest BCUT2D eigenvalue weighted by Crippen LogP contribution is -2.47. The molecule has 0 radical (unpaired) electrons. The summed E-state index contributed by atoms with van der Waals surface area (Å²) in [5.41, 5.74) is -0.169. The summed E-state index contributed by atoms with van der Waals surface area (Å²) in [4.78, 5) is 14.8. The Bertz CT molecular complexity index is 333. The zero-order valence-electron chi connectivity index (χ0n) is 11.4. The highest BCUT2D eigenvalue weighted by molar-refractivity contribution is 5.92. The van der Waals surface area contributed by atoms with Crippen LogP contribution in [0.4, 0.5) is 0 Å². The second kappa shape index (κ2) is 4.49. The summed E-state index contributed by atoms with van der Waals surface area (Å²) >= 11 is 0. The Balaban J connectivity index is 1.76. The Kier molecular flexibility index (Phi) is 3.10. The summed E-state index contributed by atoms with van der Waals surface area (Å²) in [5, 5.41) is 3.61. The van der Waals surface area contributed by atoms with Crippen molar-refractivity contribution >= 4 is 5.91 Å². The van der Waals surface area contributed by atoms with Gasteiger partial charge in [0.15, 0.2) is 0 Å². The van der Waals surface area contributed by atoms with Crippen molar-refractivity contribution in [2.24, 2.45) is 5.92 Å². The maximum Gasteiger partial charge on any atom is 0.244 e. The third-order valence-corrected chi connectivity index (χ3v) is 4.45. The highest BCUT2D eigenvalue weighted by atomic mass is 16.5. The second-order valence-electron chi connectivity index (χ2n) is 6.43. The van der Waals surface area contributed by atoms with Gasteiger partial charge < -0.3 is 9.64 Å². The molecule has 1 saturated carbocycles. The first-order valence-electron chi connectivity index (χ1n) is 7.30. The fourth-order valence-corrected chi connectivity index (χ4v) is 3.32. The van der Waals surface area contributed by atoms with Crippen LogP contribution in [0, 0.1) is 5.92 Å². The minimum atomic E-state index is -0.169. The van der Waals surface area contributed by atoms with E-state index < -0.39 is 0 Å². The largest absolute Gasteiger partial charge is 0.381 e. The van der Waals surface area contributed by atoms with Gasteiger partial charge in [-0.25, -0.2) is 0 Å².